The van der Waals surface area contributed by atoms with Crippen LogP contribution in [0.1, 0.15) is 40.5 Å². The molecule has 0 N–H and O–H groups in total. The minimum Gasteiger partial charge on any atom is -0.295 e. The number of hydrogen-bond acceptors (Lipinski definition) is 2. The quantitative estimate of drug-likeness (QED) is 0.370. The average Bonchev–Trinajstić information content (AvgIpc) is 2.19. The van der Waals surface area contributed by atoms with Crippen molar-refractivity contribution in [3.8, 4) is 0 Å². The number of hydrazone groups is 1. The zero-order valence-electron chi connectivity index (χ0n) is 10.7. The van der Waals surface area contributed by atoms with Crippen LogP contribution in [0.5, 0.6) is 0 Å². The molecule has 0 aromatic rings. The molecule has 0 radical (unpaired) electrons. The van der Waals surface area contributed by atoms with Gasteiger partial charge in [0.25, 0.3) is 0 Å². The van der Waals surface area contributed by atoms with Crippen LogP contribution in [0.25, 0.3) is 0 Å². The Hall–Kier alpha value is -1.05. The maximum absolute atomic E-state index is 4.43. The van der Waals surface area contributed by atoms with Crippen LogP contribution in [0, 0.1) is 0 Å². The molecule has 0 atom stereocenters. The molecule has 86 valence electrons. The second-order valence-electron chi connectivity index (χ2n) is 4.32. The van der Waals surface area contributed by atoms with Crippen molar-refractivity contribution in [2.45, 2.75) is 46.1 Å². The molecule has 0 aliphatic rings. The highest BCUT2D eigenvalue weighted by molar-refractivity contribution is 5.81. The van der Waals surface area contributed by atoms with E-state index in [1.165, 1.54) is 6.42 Å². The van der Waals surface area contributed by atoms with Gasteiger partial charge in [-0.3, -0.25) is 5.01 Å². The Kier molecular flexibility index (Phi) is 5.99. The average molecular weight is 208 g/mol. The Morgan fingerprint density at radius 1 is 1.47 bits per heavy atom. The van der Waals surface area contributed by atoms with Crippen LogP contribution in [0.4, 0.5) is 0 Å². The fraction of sp³-hybridized carbons (Fsp3) is 0.615. The molecular formula is C13H24N2. The predicted molar refractivity (Wildman–Crippen MR) is 69.2 cm³/mol. The minimum atomic E-state index is 0.116. The molecule has 0 rings (SSSR count). The lowest BCUT2D eigenvalue weighted by molar-refractivity contribution is 0.151. The molecule has 0 aliphatic heterocycles. The number of allylic oxidation sites excluding steroid dienone is 3. The van der Waals surface area contributed by atoms with Crippen LogP contribution >= 0.6 is 0 Å². The summed E-state index contributed by atoms with van der Waals surface area (Å²) in [4.78, 5) is 0. The van der Waals surface area contributed by atoms with Crippen molar-refractivity contribution in [3.05, 3.63) is 24.3 Å². The predicted octanol–water partition coefficient (Wildman–Crippen LogP) is 3.62. The van der Waals surface area contributed by atoms with E-state index in [1.807, 2.05) is 37.3 Å². The Labute approximate surface area is 94.4 Å². The lowest BCUT2D eigenvalue weighted by Gasteiger charge is -2.33. The molecule has 15 heavy (non-hydrogen) atoms. The van der Waals surface area contributed by atoms with Crippen molar-refractivity contribution in [2.24, 2.45) is 5.10 Å². The first-order valence-electron chi connectivity index (χ1n) is 5.54. The lowest BCUT2D eigenvalue weighted by atomic mass is 9.99. The molecule has 0 saturated heterocycles. The lowest BCUT2D eigenvalue weighted by Crippen LogP contribution is -2.37. The fourth-order valence-electron chi connectivity index (χ4n) is 1.33. The minimum absolute atomic E-state index is 0.116. The van der Waals surface area contributed by atoms with E-state index in [2.05, 4.69) is 32.5 Å². The number of nitrogens with zero attached hydrogens (tertiary/aromatic N) is 2. The molecule has 0 heterocycles. The van der Waals surface area contributed by atoms with E-state index in [-0.39, 0.29) is 5.54 Å². The molecule has 0 saturated carbocycles. The third-order valence-corrected chi connectivity index (χ3v) is 2.69. The second kappa shape index (κ2) is 6.44. The van der Waals surface area contributed by atoms with E-state index in [4.69, 9.17) is 0 Å². The summed E-state index contributed by atoms with van der Waals surface area (Å²) in [7, 11) is 2.02. The Morgan fingerprint density at radius 3 is 2.47 bits per heavy atom. The zero-order chi connectivity index (χ0) is 11.9. The summed E-state index contributed by atoms with van der Waals surface area (Å²) in [6, 6.07) is 0. The number of rotatable bonds is 6. The first kappa shape index (κ1) is 13.9. The van der Waals surface area contributed by atoms with Gasteiger partial charge in [-0.15, -0.1) is 0 Å². The second-order valence-corrected chi connectivity index (χ2v) is 4.32. The third-order valence-electron chi connectivity index (χ3n) is 2.69. The van der Waals surface area contributed by atoms with E-state index < -0.39 is 0 Å². The van der Waals surface area contributed by atoms with Crippen molar-refractivity contribution in [2.75, 3.05) is 7.05 Å². The Morgan fingerprint density at radius 2 is 2.07 bits per heavy atom. The molecule has 2 nitrogen and oxygen atoms in total. The third kappa shape index (κ3) is 4.82. The zero-order valence-corrected chi connectivity index (χ0v) is 10.7. The van der Waals surface area contributed by atoms with Crippen LogP contribution in [0.15, 0.2) is 29.4 Å². The van der Waals surface area contributed by atoms with E-state index >= 15 is 0 Å². The monoisotopic (exact) mass is 208 g/mol. The van der Waals surface area contributed by atoms with E-state index in [0.29, 0.717) is 0 Å². The molecule has 0 bridgehead atoms. The maximum Gasteiger partial charge on any atom is 0.0539 e. The van der Waals surface area contributed by atoms with Gasteiger partial charge >= 0.3 is 0 Å². The van der Waals surface area contributed by atoms with Crippen LogP contribution < -0.4 is 0 Å². The first-order chi connectivity index (χ1) is 6.97. The van der Waals surface area contributed by atoms with Gasteiger partial charge < -0.3 is 0 Å². The van der Waals surface area contributed by atoms with Crippen molar-refractivity contribution in [1.29, 1.82) is 0 Å². The van der Waals surface area contributed by atoms with Gasteiger partial charge in [0.1, 0.15) is 0 Å². The first-order valence-corrected chi connectivity index (χ1v) is 5.54. The highest BCUT2D eigenvalue weighted by Gasteiger charge is 2.20. The summed E-state index contributed by atoms with van der Waals surface area (Å²) in [5, 5.41) is 6.44. The van der Waals surface area contributed by atoms with Gasteiger partial charge in [-0.25, -0.2) is 0 Å². The summed E-state index contributed by atoms with van der Waals surface area (Å²) in [5.41, 5.74) is 1.17. The Balaban J connectivity index is 4.47. The van der Waals surface area contributed by atoms with Crippen molar-refractivity contribution >= 4 is 6.21 Å². The highest BCUT2D eigenvalue weighted by atomic mass is 15.5. The molecule has 0 aromatic heterocycles. The van der Waals surface area contributed by atoms with Gasteiger partial charge in [-0.05, 0) is 32.8 Å². The molecule has 2 heteroatoms. The number of hydrogen-bond donors (Lipinski definition) is 0. The van der Waals surface area contributed by atoms with Crippen molar-refractivity contribution < 1.29 is 0 Å². The van der Waals surface area contributed by atoms with Crippen LogP contribution in [-0.4, -0.2) is 23.8 Å². The molecule has 0 amide bonds. The van der Waals surface area contributed by atoms with Gasteiger partial charge in [0.05, 0.1) is 11.8 Å². The van der Waals surface area contributed by atoms with Gasteiger partial charge in [0, 0.05) is 7.05 Å². The van der Waals surface area contributed by atoms with Gasteiger partial charge in [0.2, 0.25) is 0 Å². The highest BCUT2D eigenvalue weighted by Crippen LogP contribution is 2.18. The maximum atomic E-state index is 4.43. The van der Waals surface area contributed by atoms with Crippen LogP contribution in [0.2, 0.25) is 0 Å². The summed E-state index contributed by atoms with van der Waals surface area (Å²) in [5.74, 6) is 0. The van der Waals surface area contributed by atoms with E-state index in [9.17, 15) is 0 Å². The summed E-state index contributed by atoms with van der Waals surface area (Å²) in [6.45, 7) is 12.3. The van der Waals surface area contributed by atoms with Crippen molar-refractivity contribution in [1.82, 2.24) is 5.01 Å². The normalized spacial score (nSPS) is 13.3. The molecule has 0 spiro atoms. The molecule has 0 aromatic carbocycles. The molecular weight excluding hydrogens is 184 g/mol. The van der Waals surface area contributed by atoms with Gasteiger partial charge in [-0.1, -0.05) is 32.1 Å². The molecule has 0 unspecified atom stereocenters. The Bertz CT molecular complexity index is 249. The van der Waals surface area contributed by atoms with Gasteiger partial charge in [0.15, 0.2) is 0 Å². The molecule has 0 fully saturated rings. The van der Waals surface area contributed by atoms with Crippen molar-refractivity contribution in [3.63, 3.8) is 0 Å². The summed E-state index contributed by atoms with van der Waals surface area (Å²) >= 11 is 0. The molecule has 0 aliphatic carbocycles. The topological polar surface area (TPSA) is 15.6 Å². The fourth-order valence-corrected chi connectivity index (χ4v) is 1.33. The smallest absolute Gasteiger partial charge is 0.0539 e. The van der Waals surface area contributed by atoms with E-state index in [0.717, 1.165) is 12.0 Å². The van der Waals surface area contributed by atoms with Crippen LogP contribution in [-0.2, 0) is 0 Å². The largest absolute Gasteiger partial charge is 0.295 e. The summed E-state index contributed by atoms with van der Waals surface area (Å²) in [6.07, 6.45) is 7.97. The standard InChI is InChI=1S/C13H24N2/c1-7-10-13(4,5)15(6)14-11-12(8-2)9-3/h8-9,11H,2,7,10H2,1,3-6H3/b12-9+,14-11-. The van der Waals surface area contributed by atoms with E-state index in [1.54, 1.807) is 0 Å². The SMILES string of the molecule is C=CC(/C=N\N(C)C(C)(C)CCC)=C\C. The summed E-state index contributed by atoms with van der Waals surface area (Å²) < 4.78 is 0. The van der Waals surface area contributed by atoms with Gasteiger partial charge in [-0.2, -0.15) is 5.10 Å². The van der Waals surface area contributed by atoms with Crippen LogP contribution in [0.3, 0.4) is 0 Å².